The van der Waals surface area contributed by atoms with Crippen LogP contribution < -0.4 is 4.74 Å². The number of fused-ring (bicyclic) bond motifs is 1. The van der Waals surface area contributed by atoms with Crippen LogP contribution in [0.15, 0.2) is 61.3 Å². The van der Waals surface area contributed by atoms with Crippen molar-refractivity contribution in [2.45, 2.75) is 6.54 Å². The third-order valence-corrected chi connectivity index (χ3v) is 4.17. The number of ether oxygens (including phenoxy) is 1. The fraction of sp³-hybridized carbons (Fsp3) is 0.111. The summed E-state index contributed by atoms with van der Waals surface area (Å²) in [6.07, 6.45) is 5.10. The number of hydrogen-bond donors (Lipinski definition) is 1. The Morgan fingerprint density at radius 2 is 2.00 bits per heavy atom. The molecule has 0 aliphatic rings. The topological polar surface area (TPSA) is 55.7 Å². The molecule has 2 aromatic heterocycles. The maximum atomic E-state index is 6.41. The van der Waals surface area contributed by atoms with Crippen LogP contribution in [0.25, 0.3) is 22.0 Å². The second-order valence-electron chi connectivity index (χ2n) is 5.43. The molecular weight excluding hydrogens is 324 g/mol. The van der Waals surface area contributed by atoms with Gasteiger partial charge in [-0.25, -0.2) is 9.67 Å². The summed E-state index contributed by atoms with van der Waals surface area (Å²) in [7, 11) is 0. The average molecular weight is 339 g/mol. The smallest absolute Gasteiger partial charge is 0.137 e. The minimum Gasteiger partial charge on any atom is -0.492 e. The highest BCUT2D eigenvalue weighted by molar-refractivity contribution is 6.34. The van der Waals surface area contributed by atoms with E-state index in [0.29, 0.717) is 13.2 Å². The summed E-state index contributed by atoms with van der Waals surface area (Å²) in [6, 6.07) is 14.0. The number of H-pyrrole nitrogens is 1. The van der Waals surface area contributed by atoms with E-state index >= 15 is 0 Å². The molecule has 0 saturated heterocycles. The van der Waals surface area contributed by atoms with Crippen LogP contribution in [0.4, 0.5) is 0 Å². The fourth-order valence-corrected chi connectivity index (χ4v) is 2.90. The number of halogens is 1. The monoisotopic (exact) mass is 338 g/mol. The highest BCUT2D eigenvalue weighted by atomic mass is 35.5. The van der Waals surface area contributed by atoms with Crippen molar-refractivity contribution in [1.82, 2.24) is 19.7 Å². The quantitative estimate of drug-likeness (QED) is 0.594. The zero-order chi connectivity index (χ0) is 16.4. The van der Waals surface area contributed by atoms with Crippen molar-refractivity contribution in [3.63, 3.8) is 0 Å². The molecule has 0 bridgehead atoms. The zero-order valence-electron chi connectivity index (χ0n) is 12.8. The first-order valence-corrected chi connectivity index (χ1v) is 8.00. The van der Waals surface area contributed by atoms with Crippen LogP contribution in [-0.2, 0) is 6.54 Å². The van der Waals surface area contributed by atoms with E-state index in [9.17, 15) is 0 Å². The van der Waals surface area contributed by atoms with Gasteiger partial charge in [-0.3, -0.25) is 0 Å². The Bertz CT molecular complexity index is 945. The van der Waals surface area contributed by atoms with Gasteiger partial charge < -0.3 is 9.72 Å². The molecule has 120 valence electrons. The highest BCUT2D eigenvalue weighted by Gasteiger charge is 2.07. The Hall–Kier alpha value is -2.79. The molecule has 0 radical (unpaired) electrons. The van der Waals surface area contributed by atoms with Crippen molar-refractivity contribution in [2.24, 2.45) is 0 Å². The number of nitrogens with zero attached hydrogens (tertiary/aromatic N) is 3. The molecule has 0 spiro atoms. The predicted molar refractivity (Wildman–Crippen MR) is 94.3 cm³/mol. The second kappa shape index (κ2) is 6.37. The molecule has 6 heteroatoms. The predicted octanol–water partition coefficient (Wildman–Crippen LogP) is 4.16. The number of benzene rings is 2. The molecule has 0 unspecified atom stereocenters. The van der Waals surface area contributed by atoms with Crippen LogP contribution in [-0.4, -0.2) is 26.4 Å². The summed E-state index contributed by atoms with van der Waals surface area (Å²) >= 11 is 6.41. The van der Waals surface area contributed by atoms with Gasteiger partial charge in [-0.05, 0) is 35.9 Å². The van der Waals surface area contributed by atoms with E-state index < -0.39 is 0 Å². The first-order chi connectivity index (χ1) is 11.8. The maximum absolute atomic E-state index is 6.41. The zero-order valence-corrected chi connectivity index (χ0v) is 13.6. The van der Waals surface area contributed by atoms with Crippen molar-refractivity contribution in [3.8, 4) is 16.9 Å². The highest BCUT2D eigenvalue weighted by Crippen LogP contribution is 2.32. The number of aromatic nitrogens is 4. The Kier molecular flexibility index (Phi) is 3.92. The lowest BCUT2D eigenvalue weighted by molar-refractivity contribution is 0.291. The molecule has 0 aliphatic carbocycles. The molecule has 0 atom stereocenters. The minimum atomic E-state index is 0.540. The molecule has 5 nitrogen and oxygen atoms in total. The largest absolute Gasteiger partial charge is 0.492 e. The molecule has 2 heterocycles. The van der Waals surface area contributed by atoms with Gasteiger partial charge in [0.15, 0.2) is 0 Å². The summed E-state index contributed by atoms with van der Waals surface area (Å²) in [6.45, 7) is 1.20. The van der Waals surface area contributed by atoms with Crippen LogP contribution in [0.1, 0.15) is 0 Å². The van der Waals surface area contributed by atoms with E-state index in [1.165, 1.54) is 6.33 Å². The SMILES string of the molecule is Clc1cc2[nH]ccc2cc1-c1ccc(OCCn2cncn2)cc1. The first kappa shape index (κ1) is 14.8. The molecule has 4 aromatic rings. The third kappa shape index (κ3) is 2.98. The molecular formula is C18H15ClN4O. The van der Waals surface area contributed by atoms with Gasteiger partial charge in [-0.1, -0.05) is 23.7 Å². The lowest BCUT2D eigenvalue weighted by atomic mass is 10.0. The second-order valence-corrected chi connectivity index (χ2v) is 5.84. The summed E-state index contributed by atoms with van der Waals surface area (Å²) in [4.78, 5) is 7.07. The standard InChI is InChI=1S/C18H15ClN4O/c19-17-10-18-14(5-6-21-18)9-16(17)13-1-3-15(4-2-13)24-8-7-23-12-20-11-22-23/h1-6,9-12,21H,7-8H2. The van der Waals surface area contributed by atoms with Crippen LogP contribution in [0.3, 0.4) is 0 Å². The van der Waals surface area contributed by atoms with Crippen LogP contribution in [0.5, 0.6) is 5.75 Å². The van der Waals surface area contributed by atoms with Gasteiger partial charge in [0.1, 0.15) is 25.0 Å². The molecule has 0 fully saturated rings. The van der Waals surface area contributed by atoms with Crippen LogP contribution >= 0.6 is 11.6 Å². The van der Waals surface area contributed by atoms with Crippen molar-refractivity contribution in [1.29, 1.82) is 0 Å². The van der Waals surface area contributed by atoms with Gasteiger partial charge in [0.2, 0.25) is 0 Å². The number of rotatable bonds is 5. The van der Waals surface area contributed by atoms with E-state index in [1.807, 2.05) is 42.6 Å². The Morgan fingerprint density at radius 1 is 1.12 bits per heavy atom. The van der Waals surface area contributed by atoms with Crippen LogP contribution in [0.2, 0.25) is 5.02 Å². The molecule has 24 heavy (non-hydrogen) atoms. The van der Waals surface area contributed by atoms with E-state index in [1.54, 1.807) is 11.0 Å². The molecule has 4 rings (SSSR count). The third-order valence-electron chi connectivity index (χ3n) is 3.86. The van der Waals surface area contributed by atoms with E-state index in [0.717, 1.165) is 32.8 Å². The van der Waals surface area contributed by atoms with E-state index in [-0.39, 0.29) is 0 Å². The number of hydrogen-bond acceptors (Lipinski definition) is 3. The van der Waals surface area contributed by atoms with Gasteiger partial charge >= 0.3 is 0 Å². The van der Waals surface area contributed by atoms with Gasteiger partial charge in [-0.2, -0.15) is 5.10 Å². The number of aromatic amines is 1. The normalized spacial score (nSPS) is 11.0. The number of nitrogens with one attached hydrogen (secondary N) is 1. The minimum absolute atomic E-state index is 0.540. The van der Waals surface area contributed by atoms with Crippen molar-refractivity contribution >= 4 is 22.5 Å². The van der Waals surface area contributed by atoms with Crippen LogP contribution in [0, 0.1) is 0 Å². The summed E-state index contributed by atoms with van der Waals surface area (Å²) < 4.78 is 7.47. The van der Waals surface area contributed by atoms with Gasteiger partial charge in [0.05, 0.1) is 11.6 Å². The first-order valence-electron chi connectivity index (χ1n) is 7.62. The van der Waals surface area contributed by atoms with E-state index in [2.05, 4.69) is 21.1 Å². The lowest BCUT2D eigenvalue weighted by Gasteiger charge is -2.09. The van der Waals surface area contributed by atoms with Crippen molar-refractivity contribution < 1.29 is 4.74 Å². The van der Waals surface area contributed by atoms with Gasteiger partial charge in [-0.15, -0.1) is 0 Å². The van der Waals surface area contributed by atoms with Gasteiger partial charge in [0, 0.05) is 22.7 Å². The maximum Gasteiger partial charge on any atom is 0.137 e. The Labute approximate surface area is 143 Å². The Morgan fingerprint density at radius 3 is 2.79 bits per heavy atom. The lowest BCUT2D eigenvalue weighted by Crippen LogP contribution is -2.08. The molecule has 0 saturated carbocycles. The molecule has 1 N–H and O–H groups in total. The Balaban J connectivity index is 1.49. The van der Waals surface area contributed by atoms with Gasteiger partial charge in [0.25, 0.3) is 0 Å². The van der Waals surface area contributed by atoms with Crippen molar-refractivity contribution in [3.05, 3.63) is 66.3 Å². The molecule has 0 aliphatic heterocycles. The summed E-state index contributed by atoms with van der Waals surface area (Å²) in [5, 5.41) is 5.91. The summed E-state index contributed by atoms with van der Waals surface area (Å²) in [5.41, 5.74) is 3.11. The molecule has 2 aromatic carbocycles. The summed E-state index contributed by atoms with van der Waals surface area (Å²) in [5.74, 6) is 0.817. The molecule has 0 amide bonds. The van der Waals surface area contributed by atoms with Crippen molar-refractivity contribution in [2.75, 3.05) is 6.61 Å². The fourth-order valence-electron chi connectivity index (χ4n) is 2.63. The van der Waals surface area contributed by atoms with E-state index in [4.69, 9.17) is 16.3 Å². The average Bonchev–Trinajstić information content (AvgIpc) is 3.26.